The molecule has 0 bridgehead atoms. The van der Waals surface area contributed by atoms with Crippen LogP contribution in [-0.4, -0.2) is 26.3 Å². The van der Waals surface area contributed by atoms with Crippen LogP contribution in [0.25, 0.3) is 0 Å². The lowest BCUT2D eigenvalue weighted by atomic mass is 10.1. The van der Waals surface area contributed by atoms with Crippen molar-refractivity contribution in [2.45, 2.75) is 18.9 Å². The molecule has 0 amide bonds. The third-order valence-electron chi connectivity index (χ3n) is 2.68. The van der Waals surface area contributed by atoms with Crippen molar-refractivity contribution in [3.8, 4) is 11.5 Å². The topological polar surface area (TPSA) is 30.5 Å². The lowest BCUT2D eigenvalue weighted by Crippen LogP contribution is -2.37. The minimum absolute atomic E-state index is 0.0663. The lowest BCUT2D eigenvalue weighted by Gasteiger charge is -2.24. The Bertz CT molecular complexity index is 351. The maximum Gasteiger partial charge on any atom is 0.168 e. The van der Waals surface area contributed by atoms with Crippen molar-refractivity contribution in [3.05, 3.63) is 24.0 Å². The predicted octanol–water partition coefficient (Wildman–Crippen LogP) is 1.97. The first-order chi connectivity index (χ1) is 7.79. The van der Waals surface area contributed by atoms with Crippen molar-refractivity contribution in [3.63, 3.8) is 0 Å². The first kappa shape index (κ1) is 11.2. The number of methoxy groups -OCH3 is 1. The van der Waals surface area contributed by atoms with Crippen LogP contribution in [0.2, 0.25) is 0 Å². The van der Waals surface area contributed by atoms with Crippen LogP contribution in [0.3, 0.4) is 0 Å². The van der Waals surface area contributed by atoms with E-state index in [4.69, 9.17) is 9.47 Å². The van der Waals surface area contributed by atoms with Gasteiger partial charge in [-0.1, -0.05) is 0 Å². The molecule has 0 spiro atoms. The summed E-state index contributed by atoms with van der Waals surface area (Å²) in [6.07, 6.45) is 2.11. The van der Waals surface area contributed by atoms with Gasteiger partial charge in [0.1, 0.15) is 11.9 Å². The molecule has 1 atom stereocenters. The number of rotatable bonds is 3. The van der Waals surface area contributed by atoms with Gasteiger partial charge in [0.15, 0.2) is 11.6 Å². The van der Waals surface area contributed by atoms with E-state index in [0.29, 0.717) is 11.5 Å². The van der Waals surface area contributed by atoms with Crippen LogP contribution in [0.4, 0.5) is 4.39 Å². The van der Waals surface area contributed by atoms with E-state index in [1.807, 2.05) is 0 Å². The molecule has 88 valence electrons. The SMILES string of the molecule is COc1ccc(OC2CCCNC2)c(F)c1. The maximum absolute atomic E-state index is 13.6. The molecule has 2 rings (SSSR count). The number of halogens is 1. The van der Waals surface area contributed by atoms with Gasteiger partial charge in [-0.25, -0.2) is 4.39 Å². The number of benzene rings is 1. The molecule has 1 aliphatic rings. The van der Waals surface area contributed by atoms with Gasteiger partial charge in [0.25, 0.3) is 0 Å². The molecule has 1 unspecified atom stereocenters. The Morgan fingerprint density at radius 3 is 2.94 bits per heavy atom. The van der Waals surface area contributed by atoms with Gasteiger partial charge in [0.05, 0.1) is 7.11 Å². The van der Waals surface area contributed by atoms with Gasteiger partial charge < -0.3 is 14.8 Å². The van der Waals surface area contributed by atoms with Crippen molar-refractivity contribution < 1.29 is 13.9 Å². The monoisotopic (exact) mass is 225 g/mol. The molecule has 0 radical (unpaired) electrons. The Morgan fingerprint density at radius 2 is 2.31 bits per heavy atom. The van der Waals surface area contributed by atoms with E-state index in [-0.39, 0.29) is 11.9 Å². The van der Waals surface area contributed by atoms with Crippen molar-refractivity contribution in [1.29, 1.82) is 0 Å². The molecule has 1 aromatic carbocycles. The zero-order chi connectivity index (χ0) is 11.4. The smallest absolute Gasteiger partial charge is 0.168 e. The fourth-order valence-electron chi connectivity index (χ4n) is 1.80. The van der Waals surface area contributed by atoms with Gasteiger partial charge in [-0.05, 0) is 31.5 Å². The summed E-state index contributed by atoms with van der Waals surface area (Å²) in [5, 5.41) is 3.22. The molecular weight excluding hydrogens is 209 g/mol. The Kier molecular flexibility index (Phi) is 3.62. The third kappa shape index (κ3) is 2.64. The van der Waals surface area contributed by atoms with Gasteiger partial charge in [0, 0.05) is 12.6 Å². The van der Waals surface area contributed by atoms with Gasteiger partial charge in [-0.3, -0.25) is 0 Å². The highest BCUT2D eigenvalue weighted by Gasteiger charge is 2.16. The summed E-state index contributed by atoms with van der Waals surface area (Å²) < 4.78 is 24.1. The number of hydrogen-bond donors (Lipinski definition) is 1. The second-order valence-corrected chi connectivity index (χ2v) is 3.88. The van der Waals surface area contributed by atoms with Gasteiger partial charge in [-0.2, -0.15) is 0 Å². The zero-order valence-electron chi connectivity index (χ0n) is 9.33. The summed E-state index contributed by atoms with van der Waals surface area (Å²) in [7, 11) is 1.51. The van der Waals surface area contributed by atoms with Crippen molar-refractivity contribution in [1.82, 2.24) is 5.32 Å². The van der Waals surface area contributed by atoms with Crippen LogP contribution in [-0.2, 0) is 0 Å². The maximum atomic E-state index is 13.6. The molecule has 16 heavy (non-hydrogen) atoms. The van der Waals surface area contributed by atoms with E-state index in [2.05, 4.69) is 5.32 Å². The van der Waals surface area contributed by atoms with E-state index in [0.717, 1.165) is 25.9 Å². The normalized spacial score (nSPS) is 20.5. The van der Waals surface area contributed by atoms with Gasteiger partial charge in [0.2, 0.25) is 0 Å². The fraction of sp³-hybridized carbons (Fsp3) is 0.500. The Hall–Kier alpha value is -1.29. The Labute approximate surface area is 94.6 Å². The minimum Gasteiger partial charge on any atom is -0.497 e. The zero-order valence-corrected chi connectivity index (χ0v) is 9.33. The average Bonchev–Trinajstić information content (AvgIpc) is 2.33. The van der Waals surface area contributed by atoms with Crippen LogP contribution in [0, 0.1) is 5.82 Å². The van der Waals surface area contributed by atoms with Crippen LogP contribution < -0.4 is 14.8 Å². The van der Waals surface area contributed by atoms with Crippen LogP contribution in [0.5, 0.6) is 11.5 Å². The van der Waals surface area contributed by atoms with E-state index >= 15 is 0 Å². The Balaban J connectivity index is 2.03. The summed E-state index contributed by atoms with van der Waals surface area (Å²) in [5.74, 6) is 0.436. The molecule has 4 heteroatoms. The molecule has 0 saturated carbocycles. The number of nitrogens with one attached hydrogen (secondary N) is 1. The fourth-order valence-corrected chi connectivity index (χ4v) is 1.80. The third-order valence-corrected chi connectivity index (χ3v) is 2.68. The molecule has 1 heterocycles. The molecule has 1 saturated heterocycles. The molecule has 1 fully saturated rings. The number of piperidine rings is 1. The average molecular weight is 225 g/mol. The molecule has 0 aliphatic carbocycles. The van der Waals surface area contributed by atoms with Crippen LogP contribution in [0.15, 0.2) is 18.2 Å². The lowest BCUT2D eigenvalue weighted by molar-refractivity contribution is 0.160. The van der Waals surface area contributed by atoms with Gasteiger partial charge in [-0.15, -0.1) is 0 Å². The van der Waals surface area contributed by atoms with Crippen molar-refractivity contribution >= 4 is 0 Å². The molecule has 1 aliphatic heterocycles. The highest BCUT2D eigenvalue weighted by molar-refractivity contribution is 5.33. The van der Waals surface area contributed by atoms with Crippen LogP contribution >= 0.6 is 0 Å². The second-order valence-electron chi connectivity index (χ2n) is 3.88. The molecule has 1 aromatic rings. The van der Waals surface area contributed by atoms with E-state index in [9.17, 15) is 4.39 Å². The summed E-state index contributed by atoms with van der Waals surface area (Å²) in [6, 6.07) is 4.66. The molecular formula is C12H16FNO2. The Morgan fingerprint density at radius 1 is 1.44 bits per heavy atom. The largest absolute Gasteiger partial charge is 0.497 e. The minimum atomic E-state index is -0.370. The van der Waals surface area contributed by atoms with E-state index in [1.165, 1.54) is 13.2 Å². The predicted molar refractivity (Wildman–Crippen MR) is 59.5 cm³/mol. The van der Waals surface area contributed by atoms with E-state index < -0.39 is 0 Å². The summed E-state index contributed by atoms with van der Waals surface area (Å²) >= 11 is 0. The van der Waals surface area contributed by atoms with Crippen molar-refractivity contribution in [2.24, 2.45) is 0 Å². The first-order valence-corrected chi connectivity index (χ1v) is 5.50. The summed E-state index contributed by atoms with van der Waals surface area (Å²) in [4.78, 5) is 0. The molecule has 1 N–H and O–H groups in total. The summed E-state index contributed by atoms with van der Waals surface area (Å²) in [5.41, 5.74) is 0. The quantitative estimate of drug-likeness (QED) is 0.853. The standard InChI is InChI=1S/C12H16FNO2/c1-15-9-4-5-12(11(13)7-9)16-10-3-2-6-14-8-10/h4-5,7,10,14H,2-3,6,8H2,1H3. The molecule has 3 nitrogen and oxygen atoms in total. The molecule has 0 aromatic heterocycles. The second kappa shape index (κ2) is 5.16. The number of ether oxygens (including phenoxy) is 2. The van der Waals surface area contributed by atoms with Crippen LogP contribution in [0.1, 0.15) is 12.8 Å². The summed E-state index contributed by atoms with van der Waals surface area (Å²) in [6.45, 7) is 1.80. The first-order valence-electron chi connectivity index (χ1n) is 5.50. The van der Waals surface area contributed by atoms with Crippen molar-refractivity contribution in [2.75, 3.05) is 20.2 Å². The highest BCUT2D eigenvalue weighted by atomic mass is 19.1. The van der Waals surface area contributed by atoms with E-state index in [1.54, 1.807) is 12.1 Å². The highest BCUT2D eigenvalue weighted by Crippen LogP contribution is 2.24. The number of hydrogen-bond acceptors (Lipinski definition) is 3. The van der Waals surface area contributed by atoms with Gasteiger partial charge >= 0.3 is 0 Å².